The largest absolute Gasteiger partial charge is 0.494 e. The van der Waals surface area contributed by atoms with E-state index in [1.54, 1.807) is 6.07 Å². The van der Waals surface area contributed by atoms with Gasteiger partial charge in [-0.1, -0.05) is 13.3 Å². The third-order valence-corrected chi connectivity index (χ3v) is 2.79. The van der Waals surface area contributed by atoms with Gasteiger partial charge in [-0.2, -0.15) is 0 Å². The van der Waals surface area contributed by atoms with Crippen molar-refractivity contribution in [2.45, 2.75) is 26.7 Å². The molecule has 0 amide bonds. The molecule has 0 spiro atoms. The van der Waals surface area contributed by atoms with E-state index in [2.05, 4.69) is 11.9 Å². The zero-order chi connectivity index (χ0) is 12.3. The zero-order valence-corrected chi connectivity index (χ0v) is 10.2. The van der Waals surface area contributed by atoms with Gasteiger partial charge in [0.05, 0.1) is 12.1 Å². The molecule has 0 fully saturated rings. The van der Waals surface area contributed by atoms with Crippen LogP contribution in [-0.4, -0.2) is 11.6 Å². The van der Waals surface area contributed by atoms with Crippen molar-refractivity contribution in [2.75, 3.05) is 6.61 Å². The maximum atomic E-state index is 11.4. The van der Waals surface area contributed by atoms with E-state index in [-0.39, 0.29) is 5.56 Å². The molecule has 1 heterocycles. The number of H-pyrrole nitrogens is 1. The summed E-state index contributed by atoms with van der Waals surface area (Å²) in [5.74, 6) is 0.812. The fourth-order valence-corrected chi connectivity index (χ4v) is 1.84. The van der Waals surface area contributed by atoms with Gasteiger partial charge >= 0.3 is 0 Å². The van der Waals surface area contributed by atoms with Crippen LogP contribution in [0.25, 0.3) is 10.9 Å². The summed E-state index contributed by atoms with van der Waals surface area (Å²) in [4.78, 5) is 14.2. The Labute approximate surface area is 100 Å². The SMILES string of the molecule is CCCCOc1ccc2c(C)cc(=O)[nH]c2c1. The monoisotopic (exact) mass is 231 g/mol. The average Bonchev–Trinajstić information content (AvgIpc) is 2.28. The van der Waals surface area contributed by atoms with Crippen molar-refractivity contribution >= 4 is 10.9 Å². The molecule has 0 radical (unpaired) electrons. The smallest absolute Gasteiger partial charge is 0.248 e. The van der Waals surface area contributed by atoms with Crippen molar-refractivity contribution in [3.8, 4) is 5.75 Å². The first-order chi connectivity index (χ1) is 8.20. The molecule has 1 aromatic carbocycles. The van der Waals surface area contributed by atoms with Crippen molar-refractivity contribution in [2.24, 2.45) is 0 Å². The molecule has 0 saturated heterocycles. The molecule has 0 bridgehead atoms. The highest BCUT2D eigenvalue weighted by Gasteiger charge is 2.01. The van der Waals surface area contributed by atoms with Crippen LogP contribution in [0, 0.1) is 6.92 Å². The molecule has 2 aromatic rings. The quantitative estimate of drug-likeness (QED) is 0.822. The number of pyridine rings is 1. The van der Waals surface area contributed by atoms with Crippen molar-refractivity contribution in [3.05, 3.63) is 40.2 Å². The standard InChI is InChI=1S/C14H17NO2/c1-3-4-7-17-11-5-6-12-10(2)8-14(16)15-13(12)9-11/h5-6,8-9H,3-4,7H2,1-2H3,(H,15,16). The van der Waals surface area contributed by atoms with Gasteiger partial charge < -0.3 is 9.72 Å². The average molecular weight is 231 g/mol. The number of unbranched alkanes of at least 4 members (excludes halogenated alkanes) is 1. The number of ether oxygens (including phenoxy) is 1. The van der Waals surface area contributed by atoms with Gasteiger partial charge in [0.15, 0.2) is 0 Å². The minimum Gasteiger partial charge on any atom is -0.494 e. The van der Waals surface area contributed by atoms with Crippen LogP contribution < -0.4 is 10.3 Å². The highest BCUT2D eigenvalue weighted by molar-refractivity contribution is 5.82. The number of aromatic nitrogens is 1. The Balaban J connectivity index is 2.33. The number of rotatable bonds is 4. The fraction of sp³-hybridized carbons (Fsp3) is 0.357. The van der Waals surface area contributed by atoms with Crippen molar-refractivity contribution in [1.29, 1.82) is 0 Å². The molecule has 0 atom stereocenters. The second-order valence-corrected chi connectivity index (χ2v) is 4.23. The van der Waals surface area contributed by atoms with Crippen molar-refractivity contribution < 1.29 is 4.74 Å². The summed E-state index contributed by atoms with van der Waals surface area (Å²) < 4.78 is 5.61. The summed E-state index contributed by atoms with van der Waals surface area (Å²) in [7, 11) is 0. The molecule has 2 rings (SSSR count). The van der Waals surface area contributed by atoms with Gasteiger partial charge in [-0.05, 0) is 31.0 Å². The summed E-state index contributed by atoms with van der Waals surface area (Å²) in [6.45, 7) is 4.79. The third kappa shape index (κ3) is 2.67. The van der Waals surface area contributed by atoms with Gasteiger partial charge in [0.25, 0.3) is 0 Å². The maximum Gasteiger partial charge on any atom is 0.248 e. The topological polar surface area (TPSA) is 42.1 Å². The Bertz CT molecular complexity index is 572. The second-order valence-electron chi connectivity index (χ2n) is 4.23. The fourth-order valence-electron chi connectivity index (χ4n) is 1.84. The number of nitrogens with one attached hydrogen (secondary N) is 1. The normalized spacial score (nSPS) is 10.7. The lowest BCUT2D eigenvalue weighted by molar-refractivity contribution is 0.310. The van der Waals surface area contributed by atoms with Crippen LogP contribution >= 0.6 is 0 Å². The first-order valence-corrected chi connectivity index (χ1v) is 5.97. The van der Waals surface area contributed by atoms with E-state index in [0.717, 1.165) is 41.7 Å². The van der Waals surface area contributed by atoms with Crippen LogP contribution in [0.15, 0.2) is 29.1 Å². The summed E-state index contributed by atoms with van der Waals surface area (Å²) in [6.07, 6.45) is 2.16. The van der Waals surface area contributed by atoms with E-state index in [0.29, 0.717) is 0 Å². The Morgan fingerprint density at radius 2 is 2.12 bits per heavy atom. The van der Waals surface area contributed by atoms with Gasteiger partial charge in [0, 0.05) is 17.5 Å². The van der Waals surface area contributed by atoms with Gasteiger partial charge in [0.1, 0.15) is 5.75 Å². The summed E-state index contributed by atoms with van der Waals surface area (Å²) in [5.41, 5.74) is 1.76. The van der Waals surface area contributed by atoms with Gasteiger partial charge in [-0.3, -0.25) is 4.79 Å². The molecule has 17 heavy (non-hydrogen) atoms. The predicted octanol–water partition coefficient (Wildman–Crippen LogP) is 3.02. The van der Waals surface area contributed by atoms with Crippen LogP contribution in [0.1, 0.15) is 25.3 Å². The molecule has 3 heteroatoms. The molecule has 3 nitrogen and oxygen atoms in total. The van der Waals surface area contributed by atoms with E-state index in [1.807, 2.05) is 25.1 Å². The molecular weight excluding hydrogens is 214 g/mol. The second kappa shape index (κ2) is 5.04. The maximum absolute atomic E-state index is 11.4. The number of aryl methyl sites for hydroxylation is 1. The summed E-state index contributed by atoms with van der Waals surface area (Å²) in [6, 6.07) is 7.44. The van der Waals surface area contributed by atoms with Crippen LogP contribution in [0.3, 0.4) is 0 Å². The first kappa shape index (κ1) is 11.7. The number of aromatic amines is 1. The van der Waals surface area contributed by atoms with Crippen LogP contribution in [0.4, 0.5) is 0 Å². The Morgan fingerprint density at radius 3 is 2.88 bits per heavy atom. The highest BCUT2D eigenvalue weighted by Crippen LogP contribution is 2.20. The minimum absolute atomic E-state index is 0.0688. The van der Waals surface area contributed by atoms with Crippen LogP contribution in [0.5, 0.6) is 5.75 Å². The Hall–Kier alpha value is -1.77. The first-order valence-electron chi connectivity index (χ1n) is 5.97. The lowest BCUT2D eigenvalue weighted by Gasteiger charge is -2.07. The van der Waals surface area contributed by atoms with Crippen LogP contribution in [0.2, 0.25) is 0 Å². The molecule has 1 aromatic heterocycles. The highest BCUT2D eigenvalue weighted by atomic mass is 16.5. The Kier molecular flexibility index (Phi) is 3.47. The molecule has 0 saturated carbocycles. The summed E-state index contributed by atoms with van der Waals surface area (Å²) in [5, 5.41) is 1.06. The summed E-state index contributed by atoms with van der Waals surface area (Å²) >= 11 is 0. The molecular formula is C14H17NO2. The van der Waals surface area contributed by atoms with E-state index < -0.39 is 0 Å². The minimum atomic E-state index is -0.0688. The molecule has 0 aliphatic rings. The van der Waals surface area contributed by atoms with E-state index in [9.17, 15) is 4.79 Å². The van der Waals surface area contributed by atoms with E-state index in [1.165, 1.54) is 0 Å². The Morgan fingerprint density at radius 1 is 1.29 bits per heavy atom. The van der Waals surface area contributed by atoms with Crippen molar-refractivity contribution in [3.63, 3.8) is 0 Å². The molecule has 0 aliphatic carbocycles. The molecule has 1 N–H and O–H groups in total. The van der Waals surface area contributed by atoms with Gasteiger partial charge in [0.2, 0.25) is 5.56 Å². The number of hydrogen-bond acceptors (Lipinski definition) is 2. The number of hydrogen-bond donors (Lipinski definition) is 1. The van der Waals surface area contributed by atoms with Crippen molar-refractivity contribution in [1.82, 2.24) is 4.98 Å². The third-order valence-electron chi connectivity index (χ3n) is 2.79. The number of fused-ring (bicyclic) bond motifs is 1. The zero-order valence-electron chi connectivity index (χ0n) is 10.2. The van der Waals surface area contributed by atoms with E-state index in [4.69, 9.17) is 4.74 Å². The number of benzene rings is 1. The molecule has 0 unspecified atom stereocenters. The van der Waals surface area contributed by atoms with Gasteiger partial charge in [-0.15, -0.1) is 0 Å². The van der Waals surface area contributed by atoms with Crippen LogP contribution in [-0.2, 0) is 0 Å². The lowest BCUT2D eigenvalue weighted by Crippen LogP contribution is -2.05. The molecule has 0 aliphatic heterocycles. The molecule has 90 valence electrons. The predicted molar refractivity (Wildman–Crippen MR) is 69.7 cm³/mol. The van der Waals surface area contributed by atoms with E-state index >= 15 is 0 Å². The van der Waals surface area contributed by atoms with Gasteiger partial charge in [-0.25, -0.2) is 0 Å². The lowest BCUT2D eigenvalue weighted by atomic mass is 10.1.